The minimum Gasteiger partial charge on any atom is -0.502 e. The summed E-state index contributed by atoms with van der Waals surface area (Å²) < 4.78 is 15.2. The molecule has 8 heteroatoms. The Morgan fingerprint density at radius 1 is 0.719 bits per heavy atom. The van der Waals surface area contributed by atoms with Gasteiger partial charge in [0.2, 0.25) is 0 Å². The largest absolute Gasteiger partial charge is 0.502 e. The van der Waals surface area contributed by atoms with Gasteiger partial charge in [-0.25, -0.2) is 0 Å². The Morgan fingerprint density at radius 2 is 1.26 bits per heavy atom. The molecule has 2 heterocycles. The van der Waals surface area contributed by atoms with Crippen LogP contribution in [-0.4, -0.2) is 22.7 Å². The van der Waals surface area contributed by atoms with Crippen molar-refractivity contribution in [1.29, 1.82) is 0 Å². The molecule has 1 aromatic heterocycles. The Kier molecular flexibility index (Phi) is 16.0. The topological polar surface area (TPSA) is 31.4 Å². The summed E-state index contributed by atoms with van der Waals surface area (Å²) in [5.41, 5.74) is 17.3. The zero-order chi connectivity index (χ0) is 41.1. The first-order chi connectivity index (χ1) is 27.3. The van der Waals surface area contributed by atoms with Gasteiger partial charge in [-0.2, -0.15) is 6.67 Å². The maximum atomic E-state index is 13.4. The molecule has 0 amide bonds. The van der Waals surface area contributed by atoms with E-state index >= 15 is 0 Å². The van der Waals surface area contributed by atoms with Crippen molar-refractivity contribution in [3.05, 3.63) is 184 Å². The molecule has 57 heavy (non-hydrogen) atoms. The minimum atomic E-state index is -1.99. The van der Waals surface area contributed by atoms with Gasteiger partial charge in [0.25, 0.3) is 0 Å². The Morgan fingerprint density at radius 3 is 1.79 bits per heavy atom. The summed E-state index contributed by atoms with van der Waals surface area (Å²) in [4.78, 5) is 8.87. The molecule has 1 aliphatic heterocycles. The molecule has 5 aromatic carbocycles. The second-order valence-electron chi connectivity index (χ2n) is 14.9. The van der Waals surface area contributed by atoms with Crippen LogP contribution < -0.4 is 15.1 Å². The maximum Gasteiger partial charge on any atom is 0.0346 e. The predicted molar refractivity (Wildman–Crippen MR) is 241 cm³/mol. The van der Waals surface area contributed by atoms with E-state index < -0.39 is 13.5 Å². The van der Waals surface area contributed by atoms with Crippen LogP contribution in [0.5, 0.6) is 0 Å². The number of aryl methyl sites for hydroxylation is 6. The van der Waals surface area contributed by atoms with Gasteiger partial charge < -0.3 is 9.80 Å². The second-order valence-corrected chi connectivity index (χ2v) is 20.6. The van der Waals surface area contributed by atoms with Crippen LogP contribution >= 0.6 is 19.4 Å². The number of halogens is 3. The minimum absolute atomic E-state index is 0.277. The number of nitrogens with zero attached hydrogens (tertiary/aromatic N) is 3. The van der Waals surface area contributed by atoms with Gasteiger partial charge in [0.15, 0.2) is 0 Å². The van der Waals surface area contributed by atoms with Gasteiger partial charge in [-0.05, 0) is 81.0 Å². The number of aromatic nitrogens is 1. The van der Waals surface area contributed by atoms with Crippen molar-refractivity contribution in [1.82, 2.24) is 4.98 Å². The number of anilines is 3. The third-order valence-corrected chi connectivity index (χ3v) is 11.7. The number of pyridine rings is 1. The molecule has 1 aliphatic rings. The van der Waals surface area contributed by atoms with E-state index in [-0.39, 0.29) is 5.82 Å². The van der Waals surface area contributed by atoms with Crippen LogP contribution in [0.1, 0.15) is 69.8 Å². The van der Waals surface area contributed by atoms with E-state index in [1.165, 1.54) is 68.0 Å². The molecule has 4 nitrogen and oxygen atoms in total. The molecule has 0 aliphatic carbocycles. The van der Waals surface area contributed by atoms with Crippen LogP contribution in [-0.2, 0) is 20.1 Å². The van der Waals surface area contributed by atoms with Gasteiger partial charge in [-0.3, -0.25) is 4.98 Å². The van der Waals surface area contributed by atoms with Crippen molar-refractivity contribution in [3.63, 3.8) is 0 Å². The van der Waals surface area contributed by atoms with Crippen LogP contribution in [0.15, 0.2) is 122 Å². The smallest absolute Gasteiger partial charge is 0.0346 e. The molecule has 1 N–H and O–H groups in total. The van der Waals surface area contributed by atoms with E-state index in [2.05, 4.69) is 137 Å². The molecule has 1 saturated heterocycles. The molecule has 0 spiro atoms. The quantitative estimate of drug-likeness (QED) is 0.122. The van der Waals surface area contributed by atoms with Crippen LogP contribution in [0, 0.1) is 54.0 Å². The van der Waals surface area contributed by atoms with E-state index in [1.54, 1.807) is 16.9 Å². The van der Waals surface area contributed by atoms with E-state index in [0.29, 0.717) is 12.5 Å². The standard InChI is InChI=1S/C21H27N2.C17H18FN.C11H9N.2ClH.Ru/c1-14-9-16(3)20(17(4)10-14)22-7-8-23(13-22)21-18(5)11-15(2)12-19(21)6;1-12(2)16-6-4-5-7-17(16)19-11-14-8-9-15(18)10-13(14)3;1-2-5-10(6-3-1)11-7-4-8-12-9-11;;;/h9-13H,7-8H2,1-6H3;3-10,12,19H,11H2,1-2H3;1-9H;2*1H;/q-1;;;;;+2/p-2. The first-order valence-electron chi connectivity index (χ1n) is 19.2. The van der Waals surface area contributed by atoms with E-state index in [4.69, 9.17) is 19.4 Å². The van der Waals surface area contributed by atoms with Crippen molar-refractivity contribution >= 4 is 41.1 Å². The van der Waals surface area contributed by atoms with Crippen LogP contribution in [0.4, 0.5) is 21.5 Å². The van der Waals surface area contributed by atoms with Gasteiger partial charge in [-0.15, -0.1) is 0 Å². The number of hydrogen-bond acceptors (Lipinski definition) is 4. The van der Waals surface area contributed by atoms with Crippen molar-refractivity contribution < 1.29 is 17.9 Å². The molecular weight excluding hydrogens is 836 g/mol. The maximum absolute atomic E-state index is 13.4. The SMILES string of the molecule is CC(C)c1ccccc1NCc1ccc(F)cc1[CH]=[Ru]([Cl])[Cl].Cc1cc(C)c(N2[CH-]N(c3c(C)cc(C)cc3C)CC2)c(C)c1.c1ccc(-c2cccnc2)cc1. The van der Waals surface area contributed by atoms with Gasteiger partial charge in [0.1, 0.15) is 0 Å². The summed E-state index contributed by atoms with van der Waals surface area (Å²) in [5.74, 6) is 0.159. The zero-order valence-corrected chi connectivity index (χ0v) is 37.5. The van der Waals surface area contributed by atoms with Crippen LogP contribution in [0.2, 0.25) is 0 Å². The van der Waals surface area contributed by atoms with Gasteiger partial charge in [0, 0.05) is 36.9 Å². The summed E-state index contributed by atoms with van der Waals surface area (Å²) in [7, 11) is 11.9. The second kappa shape index (κ2) is 20.9. The molecule has 300 valence electrons. The molecule has 0 radical (unpaired) electrons. The molecular formula is C49H54Cl2FN4Ru-. The zero-order valence-electron chi connectivity index (χ0n) is 34.2. The number of nitrogens with one attached hydrogen (secondary N) is 1. The van der Waals surface area contributed by atoms with Crippen LogP contribution in [0.3, 0.4) is 0 Å². The van der Waals surface area contributed by atoms with Crippen molar-refractivity contribution in [3.8, 4) is 11.1 Å². The van der Waals surface area contributed by atoms with Gasteiger partial charge in [0.05, 0.1) is 0 Å². The fourth-order valence-corrected chi connectivity index (χ4v) is 9.37. The fraction of sp³-hybridized carbons (Fsp3) is 0.245. The average Bonchev–Trinajstić information content (AvgIpc) is 3.63. The summed E-state index contributed by atoms with van der Waals surface area (Å²) >= 11 is -1.99. The Labute approximate surface area is 353 Å². The number of hydrogen-bond donors (Lipinski definition) is 1. The van der Waals surface area contributed by atoms with Gasteiger partial charge >= 0.3 is 144 Å². The summed E-state index contributed by atoms with van der Waals surface area (Å²) in [6.45, 7) is 22.5. The number of benzene rings is 5. The third-order valence-electron chi connectivity index (χ3n) is 9.82. The normalized spacial score (nSPS) is 12.4. The van der Waals surface area contributed by atoms with Gasteiger partial charge in [-0.1, -0.05) is 71.8 Å². The van der Waals surface area contributed by atoms with Crippen LogP contribution in [0.25, 0.3) is 11.1 Å². The molecule has 7 rings (SSSR count). The van der Waals surface area contributed by atoms with Crippen molar-refractivity contribution in [2.75, 3.05) is 28.2 Å². The molecule has 0 unspecified atom stereocenters. The van der Waals surface area contributed by atoms with E-state index in [1.807, 2.05) is 42.6 Å². The fourth-order valence-electron chi connectivity index (χ4n) is 7.51. The predicted octanol–water partition coefficient (Wildman–Crippen LogP) is 13.4. The number of para-hydroxylation sites is 1. The Bertz CT molecular complexity index is 2130. The first-order valence-corrected chi connectivity index (χ1v) is 24.7. The molecule has 0 atom stereocenters. The monoisotopic (exact) mass is 889 g/mol. The molecule has 1 fully saturated rings. The van der Waals surface area contributed by atoms with E-state index in [9.17, 15) is 4.39 Å². The Balaban J connectivity index is 0.000000171. The first kappa shape index (κ1) is 43.8. The molecule has 0 saturated carbocycles. The molecule has 6 aromatic rings. The van der Waals surface area contributed by atoms with E-state index in [0.717, 1.165) is 35.5 Å². The third kappa shape index (κ3) is 12.3. The average molecular weight is 890 g/mol. The van der Waals surface area contributed by atoms with Crippen molar-refractivity contribution in [2.24, 2.45) is 0 Å². The summed E-state index contributed by atoms with van der Waals surface area (Å²) in [5, 5.41) is 3.43. The summed E-state index contributed by atoms with van der Waals surface area (Å²) in [6, 6.07) is 36.3. The summed E-state index contributed by atoms with van der Waals surface area (Å²) in [6.07, 6.45) is 3.65. The Hall–Kier alpha value is -4.35. The number of rotatable bonds is 8. The van der Waals surface area contributed by atoms with Crippen molar-refractivity contribution in [2.45, 2.75) is 67.9 Å². The molecule has 0 bridgehead atoms.